The molecular weight excluding hydrogens is 1020 g/mol. The second-order valence-corrected chi connectivity index (χ2v) is 26.7. The van der Waals surface area contributed by atoms with Gasteiger partial charge in [0.1, 0.15) is 0 Å². The van der Waals surface area contributed by atoms with Gasteiger partial charge in [0.15, 0.2) is 23.3 Å². The molecule has 0 fully saturated rings. The van der Waals surface area contributed by atoms with E-state index in [4.69, 9.17) is 24.9 Å². The van der Waals surface area contributed by atoms with Crippen molar-refractivity contribution in [3.63, 3.8) is 0 Å². The Morgan fingerprint density at radius 3 is 1.26 bits per heavy atom. The monoisotopic (exact) mass is 1090 g/mol. The first-order valence-electron chi connectivity index (χ1n) is 29.4. The molecule has 0 aliphatic rings. The van der Waals surface area contributed by atoms with Crippen LogP contribution in [-0.2, 0) is 21.7 Å². The fourth-order valence-corrected chi connectivity index (χ4v) is 11.8. The molecule has 414 valence electrons. The fraction of sp³-hybridized carbons (Fsp3) is 0.208. The highest BCUT2D eigenvalue weighted by Crippen LogP contribution is 2.45. The van der Waals surface area contributed by atoms with Gasteiger partial charge in [-0.15, -0.1) is 0 Å². The Morgan fingerprint density at radius 1 is 0.286 bits per heavy atom. The summed E-state index contributed by atoms with van der Waals surface area (Å²) in [5.74, 6) is 2.44. The number of aromatic nitrogens is 7. The zero-order chi connectivity index (χ0) is 58.5. The first kappa shape index (κ1) is 53.9. The van der Waals surface area contributed by atoms with Gasteiger partial charge in [0, 0.05) is 60.6 Å². The number of para-hydroxylation sites is 3. The van der Waals surface area contributed by atoms with Crippen LogP contribution in [0.4, 0.5) is 0 Å². The molecule has 13 aromatic rings. The Labute approximate surface area is 493 Å². The summed E-state index contributed by atoms with van der Waals surface area (Å²) < 4.78 is 4.88. The zero-order valence-electron chi connectivity index (χ0n) is 50.3. The number of rotatable bonds is 8. The molecular formula is C77H71N7. The Hall–Kier alpha value is -9.33. The predicted molar refractivity (Wildman–Crippen MR) is 352 cm³/mol. The van der Waals surface area contributed by atoms with Crippen molar-refractivity contribution >= 4 is 43.6 Å². The van der Waals surface area contributed by atoms with Gasteiger partial charge in [-0.1, -0.05) is 217 Å². The fourth-order valence-electron chi connectivity index (χ4n) is 11.8. The van der Waals surface area contributed by atoms with Crippen LogP contribution in [0, 0.1) is 0 Å². The lowest BCUT2D eigenvalue weighted by molar-refractivity contribution is 0.568. The largest absolute Gasteiger partial charge is 0.309 e. The van der Waals surface area contributed by atoms with Gasteiger partial charge in [0.25, 0.3) is 0 Å². The van der Waals surface area contributed by atoms with Crippen LogP contribution < -0.4 is 0 Å². The van der Waals surface area contributed by atoms with Crippen LogP contribution in [0.5, 0.6) is 0 Å². The summed E-state index contributed by atoms with van der Waals surface area (Å²) in [6, 6.07) is 76.4. The van der Waals surface area contributed by atoms with Gasteiger partial charge in [-0.05, 0) is 123 Å². The predicted octanol–water partition coefficient (Wildman–Crippen LogP) is 20.0. The normalized spacial score (nSPS) is 12.5. The van der Waals surface area contributed by atoms with Crippen LogP contribution in [-0.4, -0.2) is 34.1 Å². The molecule has 7 nitrogen and oxygen atoms in total. The molecule has 0 amide bonds. The van der Waals surface area contributed by atoms with E-state index in [1.54, 1.807) is 0 Å². The third-order valence-electron chi connectivity index (χ3n) is 16.6. The van der Waals surface area contributed by atoms with Gasteiger partial charge in [0.05, 0.1) is 39.1 Å². The number of nitrogens with zero attached hydrogens (tertiary/aromatic N) is 7. The minimum absolute atomic E-state index is 0.131. The molecule has 0 saturated carbocycles. The topological polar surface area (TPSA) is 74.3 Å². The molecule has 0 N–H and O–H groups in total. The summed E-state index contributed by atoms with van der Waals surface area (Å²) in [5.41, 5.74) is 18.1. The highest BCUT2D eigenvalue weighted by Gasteiger charge is 2.28. The summed E-state index contributed by atoms with van der Waals surface area (Å²) >= 11 is 0. The maximum Gasteiger partial charge on any atom is 0.164 e. The second kappa shape index (κ2) is 20.2. The summed E-state index contributed by atoms with van der Waals surface area (Å²) in [4.78, 5) is 27.5. The standard InChI is InChI=1S/C77H71N7/c1-74(2,3)53-40-51(41-54(45-53)75(4,5)6)72-80-71(81-73(82-72)52-42-55(76(7,8)9)46-56(43-52)77(10,11)12)50-36-38-66(61(44-50)63-47-62(48-26-16-13-17-27-48)78-70(79-63)49-28-18-14-19-29-49)84-65-35-25-23-33-60(65)68-67(84)39-37-59-58-32-22-24-34-64(58)83(69(59)68)57-30-20-15-21-31-57/h13-47H,1-12H3. The number of hydrogen-bond acceptors (Lipinski definition) is 5. The second-order valence-electron chi connectivity index (χ2n) is 26.7. The first-order valence-corrected chi connectivity index (χ1v) is 29.4. The molecule has 0 atom stereocenters. The van der Waals surface area contributed by atoms with Crippen molar-refractivity contribution in [3.05, 3.63) is 235 Å². The third-order valence-corrected chi connectivity index (χ3v) is 16.6. The minimum Gasteiger partial charge on any atom is -0.309 e. The highest BCUT2D eigenvalue weighted by molar-refractivity contribution is 6.26. The SMILES string of the molecule is CC(C)(C)c1cc(-c2nc(-c3cc(C(C)(C)C)cc(C(C)(C)C)c3)nc(-c3ccc(-n4c5ccccc5c5c4ccc4c6ccccc6n(-c6ccccc6)c45)c(-c4cc(-c5ccccc5)nc(-c5ccccc5)n4)c3)n2)cc(C(C)(C)C)c1. The van der Waals surface area contributed by atoms with E-state index >= 15 is 0 Å². The molecule has 0 aliphatic heterocycles. The van der Waals surface area contributed by atoms with Crippen LogP contribution in [0.3, 0.4) is 0 Å². The zero-order valence-corrected chi connectivity index (χ0v) is 50.3. The van der Waals surface area contributed by atoms with Crippen LogP contribution in [0.15, 0.2) is 212 Å². The summed E-state index contributed by atoms with van der Waals surface area (Å²) in [7, 11) is 0. The van der Waals surface area contributed by atoms with Crippen molar-refractivity contribution in [1.82, 2.24) is 34.1 Å². The van der Waals surface area contributed by atoms with Crippen molar-refractivity contribution in [2.24, 2.45) is 0 Å². The van der Waals surface area contributed by atoms with E-state index in [-0.39, 0.29) is 21.7 Å². The van der Waals surface area contributed by atoms with Gasteiger partial charge in [-0.25, -0.2) is 24.9 Å². The summed E-state index contributed by atoms with van der Waals surface area (Å²) in [6.07, 6.45) is 0. The lowest BCUT2D eigenvalue weighted by Crippen LogP contribution is -2.17. The van der Waals surface area contributed by atoms with E-state index in [1.165, 1.54) is 38.4 Å². The number of benzene rings is 9. The highest BCUT2D eigenvalue weighted by atomic mass is 15.0. The third kappa shape index (κ3) is 9.85. The van der Waals surface area contributed by atoms with Crippen molar-refractivity contribution in [2.75, 3.05) is 0 Å². The molecule has 0 unspecified atom stereocenters. The summed E-state index contributed by atoms with van der Waals surface area (Å²) in [6.45, 7) is 27.3. The smallest absolute Gasteiger partial charge is 0.164 e. The van der Waals surface area contributed by atoms with Crippen LogP contribution in [0.1, 0.15) is 105 Å². The molecule has 13 rings (SSSR count). The van der Waals surface area contributed by atoms with Gasteiger partial charge in [0.2, 0.25) is 0 Å². The van der Waals surface area contributed by atoms with Crippen molar-refractivity contribution in [1.29, 1.82) is 0 Å². The maximum absolute atomic E-state index is 5.58. The Balaban J connectivity index is 1.14. The number of fused-ring (bicyclic) bond motifs is 7. The molecule has 0 saturated heterocycles. The van der Waals surface area contributed by atoms with Crippen molar-refractivity contribution in [3.8, 4) is 79.4 Å². The van der Waals surface area contributed by atoms with E-state index in [1.807, 2.05) is 24.3 Å². The van der Waals surface area contributed by atoms with Crippen LogP contribution >= 0.6 is 0 Å². The van der Waals surface area contributed by atoms with Crippen molar-refractivity contribution in [2.45, 2.75) is 105 Å². The van der Waals surface area contributed by atoms with E-state index in [0.717, 1.165) is 83.6 Å². The van der Waals surface area contributed by atoms with E-state index in [9.17, 15) is 0 Å². The average Bonchev–Trinajstić information content (AvgIpc) is 1.79. The Kier molecular flexibility index (Phi) is 13.0. The Bertz CT molecular complexity index is 4460. The van der Waals surface area contributed by atoms with Gasteiger partial charge in [-0.3, -0.25) is 0 Å². The van der Waals surface area contributed by atoms with Crippen molar-refractivity contribution < 1.29 is 0 Å². The maximum atomic E-state index is 5.58. The van der Waals surface area contributed by atoms with Gasteiger partial charge < -0.3 is 9.13 Å². The van der Waals surface area contributed by atoms with Gasteiger partial charge >= 0.3 is 0 Å². The lowest BCUT2D eigenvalue weighted by Gasteiger charge is -2.26. The molecule has 0 radical (unpaired) electrons. The van der Waals surface area contributed by atoms with Crippen LogP contribution in [0.2, 0.25) is 0 Å². The Morgan fingerprint density at radius 2 is 0.726 bits per heavy atom. The number of hydrogen-bond donors (Lipinski definition) is 0. The first-order chi connectivity index (χ1) is 40.2. The molecule has 4 heterocycles. The summed E-state index contributed by atoms with van der Waals surface area (Å²) in [5, 5.41) is 4.72. The molecule has 84 heavy (non-hydrogen) atoms. The quantitative estimate of drug-likeness (QED) is 0.152. The molecule has 0 aliphatic carbocycles. The molecule has 0 spiro atoms. The van der Waals surface area contributed by atoms with E-state index in [0.29, 0.717) is 23.3 Å². The minimum atomic E-state index is -0.131. The van der Waals surface area contributed by atoms with Gasteiger partial charge in [-0.2, -0.15) is 0 Å². The molecule has 9 aromatic carbocycles. The lowest BCUT2D eigenvalue weighted by atomic mass is 9.79. The van der Waals surface area contributed by atoms with E-state index < -0.39 is 0 Å². The van der Waals surface area contributed by atoms with Crippen LogP contribution in [0.25, 0.3) is 123 Å². The van der Waals surface area contributed by atoms with E-state index in [2.05, 4.69) is 280 Å². The molecule has 0 bridgehead atoms. The molecule has 7 heteroatoms. The average molecular weight is 1090 g/mol. The molecule has 4 aromatic heterocycles.